The van der Waals surface area contributed by atoms with Crippen LogP contribution in [0, 0.1) is 0 Å². The maximum absolute atomic E-state index is 12.0. The van der Waals surface area contributed by atoms with Gasteiger partial charge in [-0.3, -0.25) is 4.72 Å². The summed E-state index contributed by atoms with van der Waals surface area (Å²) in [6, 6.07) is 6.11. The third-order valence-electron chi connectivity index (χ3n) is 2.51. The van der Waals surface area contributed by atoms with Crippen LogP contribution in [0.5, 0.6) is 0 Å². The van der Waals surface area contributed by atoms with E-state index in [2.05, 4.69) is 9.44 Å². The van der Waals surface area contributed by atoms with Gasteiger partial charge in [-0.25, -0.2) is 4.79 Å². The number of rotatable bonds is 8. The van der Waals surface area contributed by atoms with Gasteiger partial charge in [-0.15, -0.1) is 0 Å². The zero-order valence-electron chi connectivity index (χ0n) is 12.5. The number of esters is 1. The van der Waals surface area contributed by atoms with E-state index in [9.17, 15) is 13.2 Å². The standard InChI is InChI=1S/C14H22N2O4S/c1-4-5-10-20-14(17)12-8-6-7-9-13(12)16-21(18,19)15-11(2)3/h6-9,11,15-16H,4-5,10H2,1-3H3. The van der Waals surface area contributed by atoms with Crippen LogP contribution < -0.4 is 9.44 Å². The van der Waals surface area contributed by atoms with Gasteiger partial charge >= 0.3 is 5.97 Å². The molecule has 2 N–H and O–H groups in total. The molecule has 0 radical (unpaired) electrons. The quantitative estimate of drug-likeness (QED) is 0.569. The predicted octanol–water partition coefficient (Wildman–Crippen LogP) is 2.30. The first-order valence-corrected chi connectivity index (χ1v) is 8.40. The van der Waals surface area contributed by atoms with Crippen molar-refractivity contribution in [1.29, 1.82) is 0 Å². The number of para-hydroxylation sites is 1. The Kier molecular flexibility index (Phi) is 6.64. The Labute approximate surface area is 126 Å². The van der Waals surface area contributed by atoms with Crippen molar-refractivity contribution < 1.29 is 17.9 Å². The molecule has 21 heavy (non-hydrogen) atoms. The molecule has 0 aliphatic heterocycles. The number of anilines is 1. The largest absolute Gasteiger partial charge is 0.462 e. The smallest absolute Gasteiger partial charge is 0.340 e. The van der Waals surface area contributed by atoms with E-state index in [0.717, 1.165) is 12.8 Å². The molecule has 0 spiro atoms. The molecule has 0 atom stereocenters. The molecule has 0 amide bonds. The molecule has 1 aromatic rings. The molecular formula is C14H22N2O4S. The van der Waals surface area contributed by atoms with Crippen LogP contribution in [0.15, 0.2) is 24.3 Å². The second-order valence-electron chi connectivity index (χ2n) is 4.91. The molecule has 118 valence electrons. The molecule has 0 saturated carbocycles. The first-order chi connectivity index (χ1) is 9.85. The summed E-state index contributed by atoms with van der Waals surface area (Å²) in [4.78, 5) is 12.0. The zero-order valence-corrected chi connectivity index (χ0v) is 13.4. The van der Waals surface area contributed by atoms with E-state index in [0.29, 0.717) is 6.61 Å². The van der Waals surface area contributed by atoms with E-state index in [1.807, 2.05) is 6.92 Å². The van der Waals surface area contributed by atoms with Gasteiger partial charge in [0.15, 0.2) is 0 Å². The summed E-state index contributed by atoms with van der Waals surface area (Å²) in [6.45, 7) is 5.74. The van der Waals surface area contributed by atoms with E-state index >= 15 is 0 Å². The molecule has 0 aliphatic rings. The molecule has 1 aromatic carbocycles. The lowest BCUT2D eigenvalue weighted by atomic mass is 10.2. The Morgan fingerprint density at radius 1 is 1.29 bits per heavy atom. The van der Waals surface area contributed by atoms with Crippen LogP contribution in [-0.4, -0.2) is 27.0 Å². The molecule has 1 rings (SSSR count). The summed E-state index contributed by atoms with van der Waals surface area (Å²) < 4.78 is 33.6. The fraction of sp³-hybridized carbons (Fsp3) is 0.500. The first kappa shape index (κ1) is 17.5. The summed E-state index contributed by atoms with van der Waals surface area (Å²) in [5, 5.41) is 0. The fourth-order valence-corrected chi connectivity index (χ4v) is 2.77. The first-order valence-electron chi connectivity index (χ1n) is 6.92. The van der Waals surface area contributed by atoms with Gasteiger partial charge in [-0.1, -0.05) is 25.5 Å². The normalized spacial score (nSPS) is 11.4. The second kappa shape index (κ2) is 7.99. The van der Waals surface area contributed by atoms with Gasteiger partial charge in [-0.05, 0) is 32.4 Å². The van der Waals surface area contributed by atoms with Crippen molar-refractivity contribution in [3.8, 4) is 0 Å². The number of nitrogens with one attached hydrogen (secondary N) is 2. The molecule has 0 fully saturated rings. The summed E-state index contributed by atoms with van der Waals surface area (Å²) in [6.07, 6.45) is 1.69. The summed E-state index contributed by atoms with van der Waals surface area (Å²) in [5.74, 6) is -0.536. The number of benzene rings is 1. The zero-order chi connectivity index (χ0) is 15.9. The number of carbonyl (C=O) groups excluding carboxylic acids is 1. The molecule has 0 bridgehead atoms. The van der Waals surface area contributed by atoms with Gasteiger partial charge in [0.05, 0.1) is 17.9 Å². The van der Waals surface area contributed by atoms with Crippen molar-refractivity contribution in [2.24, 2.45) is 0 Å². The van der Waals surface area contributed by atoms with Gasteiger partial charge in [-0.2, -0.15) is 13.1 Å². The molecule has 0 heterocycles. The number of hydrogen-bond donors (Lipinski definition) is 2. The predicted molar refractivity (Wildman–Crippen MR) is 82.4 cm³/mol. The lowest BCUT2D eigenvalue weighted by Gasteiger charge is -2.14. The van der Waals surface area contributed by atoms with Crippen molar-refractivity contribution in [2.75, 3.05) is 11.3 Å². The van der Waals surface area contributed by atoms with E-state index in [4.69, 9.17) is 4.74 Å². The van der Waals surface area contributed by atoms with Crippen molar-refractivity contribution in [3.05, 3.63) is 29.8 Å². The van der Waals surface area contributed by atoms with Crippen LogP contribution in [0.2, 0.25) is 0 Å². The second-order valence-corrected chi connectivity index (χ2v) is 6.36. The third-order valence-corrected chi connectivity index (χ3v) is 3.78. The van der Waals surface area contributed by atoms with Crippen LogP contribution in [0.4, 0.5) is 5.69 Å². The number of hydrogen-bond acceptors (Lipinski definition) is 4. The van der Waals surface area contributed by atoms with Crippen LogP contribution in [0.25, 0.3) is 0 Å². The van der Waals surface area contributed by atoms with Gasteiger partial charge in [0.2, 0.25) is 0 Å². The lowest BCUT2D eigenvalue weighted by molar-refractivity contribution is 0.0501. The van der Waals surface area contributed by atoms with Gasteiger partial charge in [0.25, 0.3) is 10.2 Å². The lowest BCUT2D eigenvalue weighted by Crippen LogP contribution is -2.35. The maximum atomic E-state index is 12.0. The minimum absolute atomic E-state index is 0.197. The monoisotopic (exact) mass is 314 g/mol. The minimum atomic E-state index is -3.72. The van der Waals surface area contributed by atoms with Gasteiger partial charge < -0.3 is 4.74 Å². The molecule has 0 saturated heterocycles. The van der Waals surface area contributed by atoms with Crippen LogP contribution >= 0.6 is 0 Å². The van der Waals surface area contributed by atoms with Gasteiger partial charge in [0, 0.05) is 6.04 Å². The summed E-state index contributed by atoms with van der Waals surface area (Å²) >= 11 is 0. The van der Waals surface area contributed by atoms with Gasteiger partial charge in [0.1, 0.15) is 0 Å². The van der Waals surface area contributed by atoms with E-state index < -0.39 is 16.2 Å². The third kappa shape index (κ3) is 6.14. The Hall–Kier alpha value is -1.60. The topological polar surface area (TPSA) is 84.5 Å². The number of unbranched alkanes of at least 4 members (excludes halogenated alkanes) is 1. The Bertz CT molecular complexity index is 570. The highest BCUT2D eigenvalue weighted by Gasteiger charge is 2.17. The van der Waals surface area contributed by atoms with Crippen LogP contribution in [0.3, 0.4) is 0 Å². The molecule has 0 unspecified atom stereocenters. The van der Waals surface area contributed by atoms with E-state index in [1.165, 1.54) is 12.1 Å². The van der Waals surface area contributed by atoms with Crippen molar-refractivity contribution in [1.82, 2.24) is 4.72 Å². The minimum Gasteiger partial charge on any atom is -0.462 e. The van der Waals surface area contributed by atoms with E-state index in [1.54, 1.807) is 26.0 Å². The molecule has 6 nitrogen and oxygen atoms in total. The molecule has 0 aliphatic carbocycles. The Morgan fingerprint density at radius 2 is 1.95 bits per heavy atom. The highest BCUT2D eigenvalue weighted by Crippen LogP contribution is 2.17. The molecular weight excluding hydrogens is 292 g/mol. The van der Waals surface area contributed by atoms with Crippen molar-refractivity contribution >= 4 is 21.9 Å². The summed E-state index contributed by atoms with van der Waals surface area (Å²) in [7, 11) is -3.72. The average molecular weight is 314 g/mol. The Morgan fingerprint density at radius 3 is 2.57 bits per heavy atom. The van der Waals surface area contributed by atoms with Crippen molar-refractivity contribution in [3.63, 3.8) is 0 Å². The summed E-state index contributed by atoms with van der Waals surface area (Å²) in [5.41, 5.74) is 0.398. The average Bonchev–Trinajstić information content (AvgIpc) is 2.37. The SMILES string of the molecule is CCCCOC(=O)c1ccccc1NS(=O)(=O)NC(C)C. The number of carbonyl (C=O) groups is 1. The number of ether oxygens (including phenoxy) is 1. The highest BCUT2D eigenvalue weighted by atomic mass is 32.2. The van der Waals surface area contributed by atoms with Crippen LogP contribution in [0.1, 0.15) is 44.0 Å². The van der Waals surface area contributed by atoms with E-state index in [-0.39, 0.29) is 17.3 Å². The van der Waals surface area contributed by atoms with Crippen molar-refractivity contribution in [2.45, 2.75) is 39.7 Å². The fourth-order valence-electron chi connectivity index (χ4n) is 1.62. The maximum Gasteiger partial charge on any atom is 0.340 e. The molecule has 7 heteroatoms. The Balaban J connectivity index is 2.87. The van der Waals surface area contributed by atoms with Crippen LogP contribution in [-0.2, 0) is 14.9 Å². The molecule has 0 aromatic heterocycles. The highest BCUT2D eigenvalue weighted by molar-refractivity contribution is 7.90.